The third-order valence-electron chi connectivity index (χ3n) is 2.80. The van der Waals surface area contributed by atoms with E-state index in [2.05, 4.69) is 9.80 Å². The van der Waals surface area contributed by atoms with E-state index < -0.39 is 0 Å². The van der Waals surface area contributed by atoms with Crippen molar-refractivity contribution in [2.24, 2.45) is 11.5 Å². The van der Waals surface area contributed by atoms with E-state index in [9.17, 15) is 0 Å². The summed E-state index contributed by atoms with van der Waals surface area (Å²) in [5.74, 6) is 0. The van der Waals surface area contributed by atoms with Crippen molar-refractivity contribution in [3.8, 4) is 0 Å². The van der Waals surface area contributed by atoms with Crippen LogP contribution in [0, 0.1) is 0 Å². The summed E-state index contributed by atoms with van der Waals surface area (Å²) in [5, 5.41) is 0. The van der Waals surface area contributed by atoms with Crippen molar-refractivity contribution in [1.82, 2.24) is 9.80 Å². The molecule has 4 nitrogen and oxygen atoms in total. The molecule has 1 aliphatic rings. The van der Waals surface area contributed by atoms with Crippen LogP contribution in [0.5, 0.6) is 0 Å². The van der Waals surface area contributed by atoms with Crippen LogP contribution < -0.4 is 11.5 Å². The fraction of sp³-hybridized carbons (Fsp3) is 1.00. The van der Waals surface area contributed by atoms with Gasteiger partial charge in [0, 0.05) is 26.2 Å². The summed E-state index contributed by atoms with van der Waals surface area (Å²) >= 11 is 0. The standard InChI is InChI=1S/C10H24N4/c11-3-1-5-13-6-2-7-14(8-4-12)10-9-13/h1-12H2. The minimum Gasteiger partial charge on any atom is -0.330 e. The molecule has 0 bridgehead atoms. The van der Waals surface area contributed by atoms with Crippen LogP contribution >= 0.6 is 0 Å². The Morgan fingerprint density at radius 2 is 1.43 bits per heavy atom. The van der Waals surface area contributed by atoms with E-state index in [0.29, 0.717) is 0 Å². The van der Waals surface area contributed by atoms with Crippen LogP contribution in [-0.2, 0) is 0 Å². The second kappa shape index (κ2) is 7.17. The molecule has 0 amide bonds. The molecule has 0 saturated carbocycles. The number of nitrogens with zero attached hydrogens (tertiary/aromatic N) is 2. The summed E-state index contributed by atoms with van der Waals surface area (Å²) in [7, 11) is 0. The van der Waals surface area contributed by atoms with E-state index in [4.69, 9.17) is 11.5 Å². The van der Waals surface area contributed by atoms with Crippen molar-refractivity contribution in [1.29, 1.82) is 0 Å². The number of rotatable bonds is 5. The Balaban J connectivity index is 2.19. The highest BCUT2D eigenvalue weighted by Crippen LogP contribution is 2.02. The first-order valence-electron chi connectivity index (χ1n) is 5.71. The smallest absolute Gasteiger partial charge is 0.0110 e. The lowest BCUT2D eigenvalue weighted by atomic mass is 10.3. The Kier molecular flexibility index (Phi) is 6.10. The largest absolute Gasteiger partial charge is 0.330 e. The molecule has 1 heterocycles. The second-order valence-electron chi connectivity index (χ2n) is 3.97. The second-order valence-corrected chi connectivity index (χ2v) is 3.97. The number of hydrogen-bond acceptors (Lipinski definition) is 4. The van der Waals surface area contributed by atoms with E-state index in [1.807, 2.05) is 0 Å². The molecule has 4 N–H and O–H groups in total. The van der Waals surface area contributed by atoms with Crippen LogP contribution in [0.3, 0.4) is 0 Å². The Bertz CT molecular complexity index is 140. The van der Waals surface area contributed by atoms with Crippen LogP contribution in [-0.4, -0.2) is 62.2 Å². The summed E-state index contributed by atoms with van der Waals surface area (Å²) < 4.78 is 0. The summed E-state index contributed by atoms with van der Waals surface area (Å²) in [6.07, 6.45) is 2.39. The molecule has 1 fully saturated rings. The zero-order chi connectivity index (χ0) is 10.2. The van der Waals surface area contributed by atoms with Crippen molar-refractivity contribution >= 4 is 0 Å². The molecule has 1 saturated heterocycles. The molecule has 0 unspecified atom stereocenters. The molecule has 0 spiro atoms. The predicted molar refractivity (Wildman–Crippen MR) is 60.2 cm³/mol. The van der Waals surface area contributed by atoms with Crippen molar-refractivity contribution in [2.75, 3.05) is 52.4 Å². The lowest BCUT2D eigenvalue weighted by molar-refractivity contribution is 0.259. The maximum atomic E-state index is 5.55. The predicted octanol–water partition coefficient (Wildman–Crippen LogP) is -0.698. The average Bonchev–Trinajstić information content (AvgIpc) is 2.41. The van der Waals surface area contributed by atoms with Gasteiger partial charge in [-0.3, -0.25) is 0 Å². The first-order chi connectivity index (χ1) is 6.86. The highest BCUT2D eigenvalue weighted by molar-refractivity contribution is 4.69. The van der Waals surface area contributed by atoms with E-state index in [1.54, 1.807) is 0 Å². The first kappa shape index (κ1) is 11.9. The Morgan fingerprint density at radius 1 is 0.786 bits per heavy atom. The molecule has 0 aromatic rings. The Labute approximate surface area is 87.2 Å². The van der Waals surface area contributed by atoms with Crippen molar-refractivity contribution in [2.45, 2.75) is 12.8 Å². The molecule has 1 aliphatic heterocycles. The molecule has 1 rings (SSSR count). The maximum Gasteiger partial charge on any atom is 0.0110 e. The quantitative estimate of drug-likeness (QED) is 0.616. The van der Waals surface area contributed by atoms with Crippen LogP contribution in [0.25, 0.3) is 0 Å². The van der Waals surface area contributed by atoms with Crippen LogP contribution in [0.15, 0.2) is 0 Å². The minimum absolute atomic E-state index is 0.781. The molecule has 0 aliphatic carbocycles. The molecular formula is C10H24N4. The molecular weight excluding hydrogens is 176 g/mol. The van der Waals surface area contributed by atoms with Gasteiger partial charge >= 0.3 is 0 Å². The third-order valence-corrected chi connectivity index (χ3v) is 2.80. The van der Waals surface area contributed by atoms with Gasteiger partial charge in [0.15, 0.2) is 0 Å². The molecule has 0 aromatic carbocycles. The van der Waals surface area contributed by atoms with Crippen LogP contribution in [0.4, 0.5) is 0 Å². The lowest BCUT2D eigenvalue weighted by Crippen LogP contribution is -2.34. The van der Waals surface area contributed by atoms with Gasteiger partial charge in [-0.2, -0.15) is 0 Å². The SMILES string of the molecule is NCCCN1CCCN(CCN)CC1. The van der Waals surface area contributed by atoms with Gasteiger partial charge in [0.1, 0.15) is 0 Å². The van der Waals surface area contributed by atoms with Gasteiger partial charge < -0.3 is 21.3 Å². The molecule has 0 aromatic heterocycles. The Morgan fingerprint density at radius 3 is 2.00 bits per heavy atom. The van der Waals surface area contributed by atoms with E-state index >= 15 is 0 Å². The topological polar surface area (TPSA) is 58.5 Å². The minimum atomic E-state index is 0.781. The van der Waals surface area contributed by atoms with Crippen LogP contribution in [0.2, 0.25) is 0 Å². The summed E-state index contributed by atoms with van der Waals surface area (Å²) in [5.41, 5.74) is 11.1. The van der Waals surface area contributed by atoms with Gasteiger partial charge in [0.05, 0.1) is 0 Å². The van der Waals surface area contributed by atoms with Gasteiger partial charge in [-0.05, 0) is 39.0 Å². The first-order valence-corrected chi connectivity index (χ1v) is 5.71. The van der Waals surface area contributed by atoms with Gasteiger partial charge in [-0.1, -0.05) is 0 Å². The van der Waals surface area contributed by atoms with E-state index in [1.165, 1.54) is 32.6 Å². The zero-order valence-corrected chi connectivity index (χ0v) is 9.12. The fourth-order valence-corrected chi connectivity index (χ4v) is 1.97. The summed E-state index contributed by atoms with van der Waals surface area (Å²) in [4.78, 5) is 4.98. The lowest BCUT2D eigenvalue weighted by Gasteiger charge is -2.20. The van der Waals surface area contributed by atoms with Gasteiger partial charge in [-0.25, -0.2) is 0 Å². The van der Waals surface area contributed by atoms with Crippen molar-refractivity contribution < 1.29 is 0 Å². The van der Waals surface area contributed by atoms with E-state index in [0.717, 1.165) is 32.6 Å². The monoisotopic (exact) mass is 200 g/mol. The highest BCUT2D eigenvalue weighted by atomic mass is 15.2. The molecule has 4 heteroatoms. The fourth-order valence-electron chi connectivity index (χ4n) is 1.97. The average molecular weight is 200 g/mol. The molecule has 0 atom stereocenters. The van der Waals surface area contributed by atoms with Gasteiger partial charge in [0.2, 0.25) is 0 Å². The third kappa shape index (κ3) is 4.37. The normalized spacial score (nSPS) is 21.0. The van der Waals surface area contributed by atoms with Crippen LogP contribution in [0.1, 0.15) is 12.8 Å². The molecule has 84 valence electrons. The molecule has 0 radical (unpaired) electrons. The number of nitrogens with two attached hydrogens (primary N) is 2. The Hall–Kier alpha value is -0.160. The molecule has 14 heavy (non-hydrogen) atoms. The zero-order valence-electron chi connectivity index (χ0n) is 9.12. The van der Waals surface area contributed by atoms with Gasteiger partial charge in [0.25, 0.3) is 0 Å². The maximum absolute atomic E-state index is 5.55. The highest BCUT2D eigenvalue weighted by Gasteiger charge is 2.12. The summed E-state index contributed by atoms with van der Waals surface area (Å²) in [6.45, 7) is 8.57. The van der Waals surface area contributed by atoms with Gasteiger partial charge in [-0.15, -0.1) is 0 Å². The van der Waals surface area contributed by atoms with Crippen molar-refractivity contribution in [3.05, 3.63) is 0 Å². The summed E-state index contributed by atoms with van der Waals surface area (Å²) in [6, 6.07) is 0. The van der Waals surface area contributed by atoms with E-state index in [-0.39, 0.29) is 0 Å². The van der Waals surface area contributed by atoms with Crippen molar-refractivity contribution in [3.63, 3.8) is 0 Å². The number of hydrogen-bond donors (Lipinski definition) is 2.